The monoisotopic (exact) mass is 516 g/mol. The van der Waals surface area contributed by atoms with E-state index in [0.29, 0.717) is 34.3 Å². The quantitative estimate of drug-likeness (QED) is 0.213. The molecular formula is C27H32N8O3. The first-order chi connectivity index (χ1) is 18.4. The predicted octanol–water partition coefficient (Wildman–Crippen LogP) is 3.40. The summed E-state index contributed by atoms with van der Waals surface area (Å²) in [5.74, 6) is 1.55. The number of aromatic nitrogens is 3. The normalized spacial score (nSPS) is 14.9. The third kappa shape index (κ3) is 6.44. The van der Waals surface area contributed by atoms with Crippen molar-refractivity contribution in [3.8, 4) is 11.6 Å². The number of piperazine rings is 1. The SMILES string of the molecule is C=CC(=O)Nc1cccc(Oc2nc(N/C(C)=C/C=C(\N=C)N3CCN(C)CC3)nc3c2ccn3CO)c1. The van der Waals surface area contributed by atoms with Crippen molar-refractivity contribution in [3.05, 3.63) is 72.9 Å². The summed E-state index contributed by atoms with van der Waals surface area (Å²) in [4.78, 5) is 29.5. The van der Waals surface area contributed by atoms with Crippen molar-refractivity contribution < 1.29 is 14.6 Å². The van der Waals surface area contributed by atoms with E-state index in [4.69, 9.17) is 4.74 Å². The van der Waals surface area contributed by atoms with Gasteiger partial charge in [-0.05, 0) is 57.1 Å². The highest BCUT2D eigenvalue weighted by Gasteiger charge is 2.16. The Morgan fingerprint density at radius 2 is 1.97 bits per heavy atom. The molecule has 3 aromatic rings. The van der Waals surface area contributed by atoms with Gasteiger partial charge in [-0.2, -0.15) is 9.97 Å². The van der Waals surface area contributed by atoms with Crippen LogP contribution in [0.4, 0.5) is 11.6 Å². The van der Waals surface area contributed by atoms with Gasteiger partial charge in [0.05, 0.1) is 5.39 Å². The lowest BCUT2D eigenvalue weighted by Gasteiger charge is -2.33. The van der Waals surface area contributed by atoms with Crippen LogP contribution < -0.4 is 15.4 Å². The first-order valence-electron chi connectivity index (χ1n) is 12.1. The zero-order valence-corrected chi connectivity index (χ0v) is 21.6. The number of hydrogen-bond donors (Lipinski definition) is 3. The fourth-order valence-corrected chi connectivity index (χ4v) is 3.94. The van der Waals surface area contributed by atoms with Crippen molar-refractivity contribution in [2.45, 2.75) is 13.7 Å². The molecule has 0 unspecified atom stereocenters. The molecule has 3 heterocycles. The van der Waals surface area contributed by atoms with Gasteiger partial charge in [-0.15, -0.1) is 0 Å². The number of rotatable bonds is 10. The zero-order valence-electron chi connectivity index (χ0n) is 21.6. The van der Waals surface area contributed by atoms with Crippen molar-refractivity contribution in [3.63, 3.8) is 0 Å². The van der Waals surface area contributed by atoms with Gasteiger partial charge < -0.3 is 34.8 Å². The molecule has 0 spiro atoms. The summed E-state index contributed by atoms with van der Waals surface area (Å²) in [6.45, 7) is 12.6. The average molecular weight is 517 g/mol. The zero-order chi connectivity index (χ0) is 27.1. The van der Waals surface area contributed by atoms with E-state index in [1.807, 2.05) is 19.1 Å². The molecule has 4 rings (SSSR count). The van der Waals surface area contributed by atoms with Crippen LogP contribution in [0.25, 0.3) is 11.0 Å². The van der Waals surface area contributed by atoms with E-state index in [0.717, 1.165) is 37.7 Å². The molecule has 38 heavy (non-hydrogen) atoms. The van der Waals surface area contributed by atoms with Crippen LogP contribution in [0.15, 0.2) is 77.8 Å². The lowest BCUT2D eigenvalue weighted by Crippen LogP contribution is -2.43. The summed E-state index contributed by atoms with van der Waals surface area (Å²) < 4.78 is 7.69. The molecule has 2 aromatic heterocycles. The fraction of sp³-hybridized carbons (Fsp3) is 0.259. The van der Waals surface area contributed by atoms with Crippen molar-refractivity contribution in [1.29, 1.82) is 0 Å². The molecule has 0 bridgehead atoms. The predicted molar refractivity (Wildman–Crippen MR) is 149 cm³/mol. The molecule has 1 aliphatic rings. The molecule has 3 N–H and O–H groups in total. The van der Waals surface area contributed by atoms with Gasteiger partial charge in [0.25, 0.3) is 0 Å². The number of aliphatic hydroxyl groups excluding tert-OH is 1. The lowest BCUT2D eigenvalue weighted by atomic mass is 10.3. The summed E-state index contributed by atoms with van der Waals surface area (Å²) in [5.41, 5.74) is 1.84. The average Bonchev–Trinajstić information content (AvgIpc) is 3.33. The Balaban J connectivity index is 1.59. The van der Waals surface area contributed by atoms with Crippen LogP contribution in [0.3, 0.4) is 0 Å². The number of amides is 1. The number of allylic oxidation sites excluding steroid dienone is 3. The Kier molecular flexibility index (Phi) is 8.51. The van der Waals surface area contributed by atoms with Crippen LogP contribution in [0.2, 0.25) is 0 Å². The van der Waals surface area contributed by atoms with Crippen molar-refractivity contribution in [1.82, 2.24) is 24.3 Å². The molecule has 1 aliphatic heterocycles. The van der Waals surface area contributed by atoms with Crippen LogP contribution in [0.5, 0.6) is 11.6 Å². The lowest BCUT2D eigenvalue weighted by molar-refractivity contribution is -0.111. The van der Waals surface area contributed by atoms with Crippen molar-refractivity contribution >= 4 is 35.3 Å². The fourth-order valence-electron chi connectivity index (χ4n) is 3.94. The second kappa shape index (κ2) is 12.2. The number of hydrogen-bond acceptors (Lipinski definition) is 9. The third-order valence-electron chi connectivity index (χ3n) is 6.02. The molecule has 1 saturated heterocycles. The molecule has 1 aromatic carbocycles. The molecular weight excluding hydrogens is 484 g/mol. The number of aliphatic imine (C=N–C) groups is 1. The van der Waals surface area contributed by atoms with E-state index in [1.54, 1.807) is 41.1 Å². The van der Waals surface area contributed by atoms with Gasteiger partial charge in [-0.3, -0.25) is 4.79 Å². The van der Waals surface area contributed by atoms with E-state index in [-0.39, 0.29) is 12.6 Å². The maximum Gasteiger partial charge on any atom is 0.247 e. The Labute approximate surface area is 221 Å². The number of aliphatic hydroxyl groups is 1. The van der Waals surface area contributed by atoms with Gasteiger partial charge in [-0.25, -0.2) is 4.99 Å². The minimum atomic E-state index is -0.322. The number of likely N-dealkylation sites (N-methyl/N-ethyl adjacent to an activating group) is 1. The maximum atomic E-state index is 11.7. The number of fused-ring (bicyclic) bond motifs is 1. The highest BCUT2D eigenvalue weighted by molar-refractivity contribution is 5.99. The van der Waals surface area contributed by atoms with Crippen LogP contribution >= 0.6 is 0 Å². The largest absolute Gasteiger partial charge is 0.438 e. The Hall–Kier alpha value is -4.48. The standard InChI is InChI=1S/C27H32N8O3/c1-5-24(37)30-20-7-6-8-21(17-20)38-26-22-11-12-35(18-36)25(22)31-27(32-26)29-19(2)9-10-23(28-3)34-15-13-33(4)14-16-34/h5-12,17,36H,1,3,13-16,18H2,2,4H3,(H,30,37)(H,29,31,32)/b19-9+,23-10+. The topological polar surface area (TPSA) is 120 Å². The number of carbonyl (C=O) groups excluding carboxylic acids is 1. The van der Waals surface area contributed by atoms with Gasteiger partial charge in [0.1, 0.15) is 18.3 Å². The molecule has 0 radical (unpaired) electrons. The molecule has 11 heteroatoms. The molecule has 0 saturated carbocycles. The van der Waals surface area contributed by atoms with Crippen LogP contribution in [0, 0.1) is 0 Å². The highest BCUT2D eigenvalue weighted by Crippen LogP contribution is 2.31. The second-order valence-electron chi connectivity index (χ2n) is 8.79. The van der Waals surface area contributed by atoms with Gasteiger partial charge in [0, 0.05) is 49.8 Å². The van der Waals surface area contributed by atoms with Crippen molar-refractivity contribution in [2.75, 3.05) is 43.9 Å². The van der Waals surface area contributed by atoms with Crippen LogP contribution in [-0.4, -0.2) is 75.3 Å². The minimum absolute atomic E-state index is 0.251. The van der Waals surface area contributed by atoms with Crippen molar-refractivity contribution in [2.24, 2.45) is 4.99 Å². The highest BCUT2D eigenvalue weighted by atomic mass is 16.5. The summed E-state index contributed by atoms with van der Waals surface area (Å²) in [7, 11) is 2.11. The number of benzene rings is 1. The Bertz CT molecular complexity index is 1390. The Morgan fingerprint density at radius 3 is 2.68 bits per heavy atom. The number of anilines is 2. The molecule has 0 aliphatic carbocycles. The molecule has 11 nitrogen and oxygen atoms in total. The van der Waals surface area contributed by atoms with Gasteiger partial charge in [0.2, 0.25) is 17.7 Å². The molecule has 1 amide bonds. The Morgan fingerprint density at radius 1 is 1.18 bits per heavy atom. The van der Waals surface area contributed by atoms with E-state index >= 15 is 0 Å². The summed E-state index contributed by atoms with van der Waals surface area (Å²) >= 11 is 0. The summed E-state index contributed by atoms with van der Waals surface area (Å²) in [5, 5.41) is 16.3. The van der Waals surface area contributed by atoms with Gasteiger partial charge in [0.15, 0.2) is 5.65 Å². The maximum absolute atomic E-state index is 11.7. The first kappa shape index (κ1) is 26.6. The number of ether oxygens (including phenoxy) is 1. The van der Waals surface area contributed by atoms with Crippen LogP contribution in [-0.2, 0) is 11.5 Å². The number of nitrogens with zero attached hydrogens (tertiary/aromatic N) is 6. The first-order valence-corrected chi connectivity index (χ1v) is 12.1. The van der Waals surface area contributed by atoms with E-state index < -0.39 is 0 Å². The summed E-state index contributed by atoms with van der Waals surface area (Å²) in [6, 6.07) is 8.72. The van der Waals surface area contributed by atoms with E-state index in [9.17, 15) is 9.90 Å². The van der Waals surface area contributed by atoms with Gasteiger partial charge >= 0.3 is 0 Å². The number of carbonyl (C=O) groups is 1. The van der Waals surface area contributed by atoms with E-state index in [2.05, 4.69) is 55.7 Å². The molecule has 198 valence electrons. The second-order valence-corrected chi connectivity index (χ2v) is 8.79. The molecule has 1 fully saturated rings. The van der Waals surface area contributed by atoms with Crippen LogP contribution in [0.1, 0.15) is 6.92 Å². The third-order valence-corrected chi connectivity index (χ3v) is 6.02. The minimum Gasteiger partial charge on any atom is -0.438 e. The number of nitrogens with one attached hydrogen (secondary N) is 2. The van der Waals surface area contributed by atoms with E-state index in [1.165, 1.54) is 6.08 Å². The van der Waals surface area contributed by atoms with Gasteiger partial charge in [-0.1, -0.05) is 12.6 Å². The molecule has 0 atom stereocenters. The summed E-state index contributed by atoms with van der Waals surface area (Å²) in [6.07, 6.45) is 6.71. The smallest absolute Gasteiger partial charge is 0.247 e.